The average molecular weight is 638 g/mol. The average Bonchev–Trinajstić information content (AvgIpc) is 3.65. The van der Waals surface area contributed by atoms with Crippen molar-refractivity contribution in [2.24, 2.45) is 11.8 Å². The fourth-order valence-corrected chi connectivity index (χ4v) is 8.62. The smallest absolute Gasteiger partial charge is 0.319 e. The number of nitrogens with zero attached hydrogens (tertiary/aromatic N) is 5. The number of ether oxygens (including phenoxy) is 1. The maximum absolute atomic E-state index is 16.8. The number of alkyl halides is 1. The van der Waals surface area contributed by atoms with Crippen LogP contribution >= 0.6 is 0 Å². The van der Waals surface area contributed by atoms with Crippen LogP contribution in [0.5, 0.6) is 11.8 Å². The van der Waals surface area contributed by atoms with Crippen molar-refractivity contribution in [1.82, 2.24) is 19.9 Å². The molecule has 2 aromatic carbocycles. The van der Waals surface area contributed by atoms with Crippen LogP contribution in [0, 0.1) is 29.3 Å². The third-order valence-electron chi connectivity index (χ3n) is 10.7. The van der Waals surface area contributed by atoms with Crippen molar-refractivity contribution < 1.29 is 32.5 Å². The lowest BCUT2D eigenvalue weighted by Crippen LogP contribution is -2.43. The van der Waals surface area contributed by atoms with Gasteiger partial charge in [0, 0.05) is 43.6 Å². The molecule has 2 bridgehead atoms. The number of halogens is 4. The summed E-state index contributed by atoms with van der Waals surface area (Å²) in [5, 5.41) is 21.8. The number of hydrogen-bond donors (Lipinski definition) is 2. The Morgan fingerprint density at radius 3 is 2.74 bits per heavy atom. The molecule has 2 aromatic heterocycles. The Kier molecular flexibility index (Phi) is 7.02. The fraction of sp³-hybridized carbons (Fsp3) is 0.500. The topological polar surface area (TPSA) is 94.8 Å². The molecule has 0 amide bonds. The number of aryl methyl sites for hydroxylation is 1. The third kappa shape index (κ3) is 4.58. The number of rotatable bonds is 6. The van der Waals surface area contributed by atoms with Gasteiger partial charge in [-0.15, -0.1) is 0 Å². The highest BCUT2D eigenvalue weighted by Gasteiger charge is 2.49. The summed E-state index contributed by atoms with van der Waals surface area (Å²) in [5.41, 5.74) is -1.26. The van der Waals surface area contributed by atoms with Crippen LogP contribution in [0.25, 0.3) is 32.9 Å². The van der Waals surface area contributed by atoms with E-state index in [9.17, 15) is 19.0 Å². The summed E-state index contributed by atoms with van der Waals surface area (Å²) < 4.78 is 68.2. The van der Waals surface area contributed by atoms with Gasteiger partial charge in [0.25, 0.3) is 0 Å². The Hall–Kier alpha value is -3.77. The number of hydrogen-bond acceptors (Lipinski definition) is 8. The summed E-state index contributed by atoms with van der Waals surface area (Å²) in [6, 6.07) is 3.74. The molecule has 46 heavy (non-hydrogen) atoms. The first-order valence-electron chi connectivity index (χ1n) is 16.1. The van der Waals surface area contributed by atoms with Gasteiger partial charge in [-0.2, -0.15) is 9.97 Å². The minimum Gasteiger partial charge on any atom is -0.505 e. The van der Waals surface area contributed by atoms with Crippen LogP contribution in [0.3, 0.4) is 0 Å². The first-order valence-corrected chi connectivity index (χ1v) is 16.1. The number of phenols is 1. The molecule has 8 nitrogen and oxygen atoms in total. The quantitative estimate of drug-likeness (QED) is 0.261. The van der Waals surface area contributed by atoms with Crippen LogP contribution in [0.15, 0.2) is 24.4 Å². The number of aromatic hydroxyl groups is 1. The maximum atomic E-state index is 16.8. The van der Waals surface area contributed by atoms with Gasteiger partial charge in [-0.05, 0) is 67.6 Å². The minimum atomic E-state index is -1.12. The lowest BCUT2D eigenvalue weighted by molar-refractivity contribution is 0.107. The third-order valence-corrected chi connectivity index (χ3v) is 10.7. The van der Waals surface area contributed by atoms with Crippen molar-refractivity contribution in [2.75, 3.05) is 37.7 Å². The van der Waals surface area contributed by atoms with Gasteiger partial charge in [-0.3, -0.25) is 9.88 Å². The predicted molar refractivity (Wildman–Crippen MR) is 164 cm³/mol. The molecule has 0 unspecified atom stereocenters. The fourth-order valence-electron chi connectivity index (χ4n) is 8.62. The Morgan fingerprint density at radius 1 is 1.09 bits per heavy atom. The van der Waals surface area contributed by atoms with Gasteiger partial charge in [0.1, 0.15) is 35.6 Å². The standard InChI is InChI=1S/C34H35F4N5O3/c1-2-21-23(36)5-4-18-10-25(45)28(37)27(26(18)21)31-29(38)30-22(12-39-31)32(42-13-17-8-19(14-42)24(44)9-17)41-33(40-30)46-16-34-6-3-7-43(34)15-20(35)11-34/h4-5,10,12,17,19-20,24,44-45H,2-3,6-9,11,13-16H2,1H3/t17-,19-,20-,24-,34+/m1/s1. The van der Waals surface area contributed by atoms with E-state index in [4.69, 9.17) is 9.72 Å². The molecule has 0 spiro atoms. The van der Waals surface area contributed by atoms with E-state index >= 15 is 8.78 Å². The molecule has 5 heterocycles. The van der Waals surface area contributed by atoms with Crippen LogP contribution in [-0.2, 0) is 6.42 Å². The second-order valence-corrected chi connectivity index (χ2v) is 13.5. The molecule has 4 aromatic rings. The Labute approximate surface area is 263 Å². The largest absolute Gasteiger partial charge is 0.505 e. The lowest BCUT2D eigenvalue weighted by atomic mass is 9.94. The second kappa shape index (κ2) is 10.9. The maximum Gasteiger partial charge on any atom is 0.319 e. The minimum absolute atomic E-state index is 0.0336. The van der Waals surface area contributed by atoms with Crippen LogP contribution < -0.4 is 9.64 Å². The molecule has 8 rings (SSSR count). The molecule has 2 N–H and O–H groups in total. The van der Waals surface area contributed by atoms with Crippen LogP contribution in [0.1, 0.15) is 44.6 Å². The SMILES string of the molecule is CCc1c(F)ccc2cc(O)c(F)c(-c3ncc4c(N5C[C@@H]6C[C@H](C5)[C@H](O)C6)nc(OC[C@@]56CCCN5C[C@H](F)C6)nc4c3F)c12. The Morgan fingerprint density at radius 2 is 1.93 bits per heavy atom. The number of benzene rings is 2. The van der Waals surface area contributed by atoms with E-state index in [1.807, 2.05) is 4.90 Å². The zero-order valence-electron chi connectivity index (χ0n) is 25.4. The van der Waals surface area contributed by atoms with Crippen molar-refractivity contribution in [3.63, 3.8) is 0 Å². The van der Waals surface area contributed by atoms with Gasteiger partial charge >= 0.3 is 6.01 Å². The normalized spacial score (nSPS) is 27.7. The number of aromatic nitrogens is 3. The molecular formula is C34H35F4N5O3. The van der Waals surface area contributed by atoms with Crippen LogP contribution in [-0.4, -0.2) is 80.7 Å². The lowest BCUT2D eigenvalue weighted by Gasteiger charge is -2.34. The van der Waals surface area contributed by atoms with E-state index in [0.717, 1.165) is 25.8 Å². The van der Waals surface area contributed by atoms with Gasteiger partial charge in [0.2, 0.25) is 0 Å². The highest BCUT2D eigenvalue weighted by atomic mass is 19.1. The number of aliphatic hydroxyl groups excluding tert-OH is 1. The van der Waals surface area contributed by atoms with E-state index in [-0.39, 0.29) is 58.3 Å². The van der Waals surface area contributed by atoms with E-state index < -0.39 is 46.7 Å². The summed E-state index contributed by atoms with van der Waals surface area (Å²) in [4.78, 5) is 17.7. The van der Waals surface area contributed by atoms with Gasteiger partial charge in [0.05, 0.1) is 22.6 Å². The number of pyridine rings is 1. The highest BCUT2D eigenvalue weighted by Crippen LogP contribution is 2.44. The highest BCUT2D eigenvalue weighted by molar-refractivity contribution is 6.02. The zero-order chi connectivity index (χ0) is 31.9. The molecule has 1 aliphatic carbocycles. The Balaban J connectivity index is 1.29. The number of phenolic OH excluding ortho intramolecular Hbond substituents is 1. The summed E-state index contributed by atoms with van der Waals surface area (Å²) >= 11 is 0. The first kappa shape index (κ1) is 29.6. The van der Waals surface area contributed by atoms with Gasteiger partial charge in [0.15, 0.2) is 17.4 Å². The molecule has 5 atom stereocenters. The Bertz CT molecular complexity index is 1870. The molecular weight excluding hydrogens is 602 g/mol. The van der Waals surface area contributed by atoms with E-state index in [1.54, 1.807) is 6.92 Å². The molecule has 12 heteroatoms. The number of piperidine rings is 1. The summed E-state index contributed by atoms with van der Waals surface area (Å²) in [5.74, 6) is -2.71. The number of fused-ring (bicyclic) bond motifs is 5. The summed E-state index contributed by atoms with van der Waals surface area (Å²) in [7, 11) is 0. The van der Waals surface area contributed by atoms with Crippen molar-refractivity contribution in [1.29, 1.82) is 0 Å². The van der Waals surface area contributed by atoms with Crippen molar-refractivity contribution in [3.8, 4) is 23.0 Å². The molecule has 0 radical (unpaired) electrons. The van der Waals surface area contributed by atoms with Gasteiger partial charge in [-0.1, -0.05) is 13.0 Å². The molecule has 1 saturated carbocycles. The molecule has 4 aliphatic rings. The van der Waals surface area contributed by atoms with Crippen molar-refractivity contribution in [2.45, 2.75) is 63.3 Å². The predicted octanol–water partition coefficient (Wildman–Crippen LogP) is 5.69. The summed E-state index contributed by atoms with van der Waals surface area (Å²) in [6.07, 6.45) is 3.78. The number of aliphatic hydroxyl groups is 1. The molecule has 4 fully saturated rings. The van der Waals surface area contributed by atoms with Gasteiger partial charge in [-0.25, -0.2) is 17.6 Å². The van der Waals surface area contributed by atoms with Gasteiger partial charge < -0.3 is 19.8 Å². The second-order valence-electron chi connectivity index (χ2n) is 13.5. The monoisotopic (exact) mass is 637 g/mol. The van der Waals surface area contributed by atoms with Crippen LogP contribution in [0.2, 0.25) is 0 Å². The summed E-state index contributed by atoms with van der Waals surface area (Å²) in [6.45, 7) is 4.06. The van der Waals surface area contributed by atoms with Crippen molar-refractivity contribution in [3.05, 3.63) is 47.4 Å². The van der Waals surface area contributed by atoms with Crippen LogP contribution in [0.4, 0.5) is 23.4 Å². The molecule has 3 aliphatic heterocycles. The molecule has 242 valence electrons. The van der Waals surface area contributed by atoms with E-state index in [2.05, 4.69) is 14.9 Å². The number of anilines is 1. The first-order chi connectivity index (χ1) is 22.2. The van der Waals surface area contributed by atoms with Crippen molar-refractivity contribution >= 4 is 27.5 Å². The zero-order valence-corrected chi connectivity index (χ0v) is 25.4. The van der Waals surface area contributed by atoms with E-state index in [0.29, 0.717) is 43.7 Å². The van der Waals surface area contributed by atoms with E-state index in [1.165, 1.54) is 24.4 Å². The molecule has 3 saturated heterocycles.